The van der Waals surface area contributed by atoms with Crippen molar-refractivity contribution in [3.63, 3.8) is 0 Å². The number of rotatable bonds is 5. The lowest BCUT2D eigenvalue weighted by molar-refractivity contribution is 0.280. The molecule has 0 radical (unpaired) electrons. The number of hydrogen-bond donors (Lipinski definition) is 0. The summed E-state index contributed by atoms with van der Waals surface area (Å²) < 4.78 is 11.2. The predicted molar refractivity (Wildman–Crippen MR) is 74.5 cm³/mol. The van der Waals surface area contributed by atoms with Crippen LogP contribution in [0.25, 0.3) is 0 Å². The molecule has 1 heterocycles. The molecule has 19 heavy (non-hydrogen) atoms. The Balaban J connectivity index is 2.22. The van der Waals surface area contributed by atoms with Crippen LogP contribution in [0.5, 0.6) is 5.75 Å². The first-order valence-corrected chi connectivity index (χ1v) is 6.51. The Morgan fingerprint density at radius 3 is 2.63 bits per heavy atom. The first-order chi connectivity index (χ1) is 9.20. The van der Waals surface area contributed by atoms with Gasteiger partial charge in [0.25, 0.3) is 0 Å². The van der Waals surface area contributed by atoms with Gasteiger partial charge >= 0.3 is 0 Å². The van der Waals surface area contributed by atoms with Gasteiger partial charge in [-0.25, -0.2) is 0 Å². The van der Waals surface area contributed by atoms with Gasteiger partial charge < -0.3 is 9.15 Å². The average Bonchev–Trinajstić information content (AvgIpc) is 2.39. The standard InChI is InChI=1S/C16H18O3/c1-3-7-15-16(14(17)10-12(2)19-15)18-11-13-8-5-4-6-9-13/h4-6,8-10H,3,7,11H2,1-2H3. The van der Waals surface area contributed by atoms with Crippen LogP contribution in [0.15, 0.2) is 45.6 Å². The van der Waals surface area contributed by atoms with Crippen LogP contribution in [-0.2, 0) is 13.0 Å². The van der Waals surface area contributed by atoms with Crippen molar-refractivity contribution >= 4 is 0 Å². The molecule has 0 unspecified atom stereocenters. The topological polar surface area (TPSA) is 39.4 Å². The molecule has 0 N–H and O–H groups in total. The summed E-state index contributed by atoms with van der Waals surface area (Å²) in [7, 11) is 0. The van der Waals surface area contributed by atoms with Gasteiger partial charge in [-0.2, -0.15) is 0 Å². The van der Waals surface area contributed by atoms with E-state index in [1.165, 1.54) is 6.07 Å². The van der Waals surface area contributed by atoms with Gasteiger partial charge in [-0.05, 0) is 18.9 Å². The molecular weight excluding hydrogens is 240 g/mol. The van der Waals surface area contributed by atoms with Crippen LogP contribution in [0.3, 0.4) is 0 Å². The van der Waals surface area contributed by atoms with Crippen molar-refractivity contribution < 1.29 is 9.15 Å². The Morgan fingerprint density at radius 2 is 1.95 bits per heavy atom. The van der Waals surface area contributed by atoms with Gasteiger partial charge in [-0.1, -0.05) is 37.3 Å². The minimum absolute atomic E-state index is 0.108. The molecule has 0 saturated heterocycles. The Hall–Kier alpha value is -2.03. The minimum atomic E-state index is -0.108. The minimum Gasteiger partial charge on any atom is -0.482 e. The molecular formula is C16H18O3. The second kappa shape index (κ2) is 6.23. The highest BCUT2D eigenvalue weighted by Crippen LogP contribution is 2.18. The van der Waals surface area contributed by atoms with Crippen molar-refractivity contribution in [3.8, 4) is 5.75 Å². The zero-order valence-electron chi connectivity index (χ0n) is 11.3. The van der Waals surface area contributed by atoms with E-state index < -0.39 is 0 Å². The lowest BCUT2D eigenvalue weighted by atomic mass is 10.2. The molecule has 1 aromatic carbocycles. The Labute approximate surface area is 112 Å². The summed E-state index contributed by atoms with van der Waals surface area (Å²) in [5, 5.41) is 0. The summed E-state index contributed by atoms with van der Waals surface area (Å²) in [5.74, 6) is 1.61. The second-order valence-electron chi connectivity index (χ2n) is 4.50. The smallest absolute Gasteiger partial charge is 0.227 e. The average molecular weight is 258 g/mol. The summed E-state index contributed by atoms with van der Waals surface area (Å²) in [5.41, 5.74) is 0.924. The van der Waals surface area contributed by atoms with E-state index in [9.17, 15) is 4.79 Å². The molecule has 0 bridgehead atoms. The monoisotopic (exact) mass is 258 g/mol. The van der Waals surface area contributed by atoms with E-state index in [2.05, 4.69) is 0 Å². The third kappa shape index (κ3) is 3.47. The van der Waals surface area contributed by atoms with Gasteiger partial charge in [-0.15, -0.1) is 0 Å². The van der Waals surface area contributed by atoms with Crippen LogP contribution < -0.4 is 10.2 Å². The number of aryl methyl sites for hydroxylation is 2. The number of benzene rings is 1. The molecule has 0 aliphatic heterocycles. The highest BCUT2D eigenvalue weighted by atomic mass is 16.5. The van der Waals surface area contributed by atoms with Gasteiger partial charge in [0.15, 0.2) is 0 Å². The number of hydrogen-bond acceptors (Lipinski definition) is 3. The largest absolute Gasteiger partial charge is 0.482 e. The normalized spacial score (nSPS) is 10.4. The molecule has 100 valence electrons. The van der Waals surface area contributed by atoms with E-state index in [4.69, 9.17) is 9.15 Å². The summed E-state index contributed by atoms with van der Waals surface area (Å²) in [6.45, 7) is 4.20. The van der Waals surface area contributed by atoms with Gasteiger partial charge in [0.1, 0.15) is 18.1 Å². The van der Waals surface area contributed by atoms with Gasteiger partial charge in [0.2, 0.25) is 11.2 Å². The van der Waals surface area contributed by atoms with Gasteiger partial charge in [0.05, 0.1) is 0 Å². The van der Waals surface area contributed by atoms with Crippen LogP contribution in [0, 0.1) is 6.92 Å². The van der Waals surface area contributed by atoms with Crippen molar-refractivity contribution in [1.82, 2.24) is 0 Å². The molecule has 1 aromatic heterocycles. The Kier molecular flexibility index (Phi) is 4.39. The molecule has 0 fully saturated rings. The summed E-state index contributed by atoms with van der Waals surface area (Å²) >= 11 is 0. The van der Waals surface area contributed by atoms with Crippen molar-refractivity contribution in [2.75, 3.05) is 0 Å². The first-order valence-electron chi connectivity index (χ1n) is 6.51. The molecule has 3 heteroatoms. The quantitative estimate of drug-likeness (QED) is 0.824. The highest BCUT2D eigenvalue weighted by Gasteiger charge is 2.11. The van der Waals surface area contributed by atoms with Crippen LogP contribution in [0.1, 0.15) is 30.4 Å². The molecule has 0 spiro atoms. The van der Waals surface area contributed by atoms with Crippen molar-refractivity contribution in [2.45, 2.75) is 33.3 Å². The van der Waals surface area contributed by atoms with Crippen molar-refractivity contribution in [2.24, 2.45) is 0 Å². The van der Waals surface area contributed by atoms with E-state index in [0.717, 1.165) is 12.0 Å². The molecule has 2 aromatic rings. The lowest BCUT2D eigenvalue weighted by Gasteiger charge is -2.10. The van der Waals surface area contributed by atoms with E-state index in [0.29, 0.717) is 30.3 Å². The Bertz CT molecular complexity index is 585. The molecule has 3 nitrogen and oxygen atoms in total. The fraction of sp³-hybridized carbons (Fsp3) is 0.312. The summed E-state index contributed by atoms with van der Waals surface area (Å²) in [6.07, 6.45) is 1.62. The van der Waals surface area contributed by atoms with Crippen LogP contribution >= 0.6 is 0 Å². The highest BCUT2D eigenvalue weighted by molar-refractivity contribution is 5.27. The zero-order chi connectivity index (χ0) is 13.7. The first kappa shape index (κ1) is 13.4. The predicted octanol–water partition coefficient (Wildman–Crippen LogP) is 3.48. The third-order valence-corrected chi connectivity index (χ3v) is 2.80. The van der Waals surface area contributed by atoms with E-state index in [1.807, 2.05) is 37.3 Å². The Morgan fingerprint density at radius 1 is 1.21 bits per heavy atom. The molecule has 2 rings (SSSR count). The van der Waals surface area contributed by atoms with Crippen molar-refractivity contribution in [1.29, 1.82) is 0 Å². The molecule has 0 amide bonds. The maximum absolute atomic E-state index is 12.0. The summed E-state index contributed by atoms with van der Waals surface area (Å²) in [4.78, 5) is 12.0. The summed E-state index contributed by atoms with van der Waals surface area (Å²) in [6, 6.07) is 11.3. The zero-order valence-corrected chi connectivity index (χ0v) is 11.3. The SMILES string of the molecule is CCCc1oc(C)cc(=O)c1OCc1ccccc1. The van der Waals surface area contributed by atoms with Gasteiger partial charge in [0, 0.05) is 12.5 Å². The fourth-order valence-corrected chi connectivity index (χ4v) is 1.93. The maximum Gasteiger partial charge on any atom is 0.227 e. The molecule has 0 atom stereocenters. The van der Waals surface area contributed by atoms with Crippen LogP contribution in [0.4, 0.5) is 0 Å². The molecule has 0 aliphatic carbocycles. The van der Waals surface area contributed by atoms with Crippen LogP contribution in [0.2, 0.25) is 0 Å². The molecule has 0 aliphatic rings. The third-order valence-electron chi connectivity index (χ3n) is 2.80. The number of ether oxygens (including phenoxy) is 1. The van der Waals surface area contributed by atoms with Crippen LogP contribution in [-0.4, -0.2) is 0 Å². The van der Waals surface area contributed by atoms with Crippen molar-refractivity contribution in [3.05, 3.63) is 63.7 Å². The maximum atomic E-state index is 12.0. The van der Waals surface area contributed by atoms with E-state index in [-0.39, 0.29) is 5.43 Å². The van der Waals surface area contributed by atoms with Gasteiger partial charge in [-0.3, -0.25) is 4.79 Å². The van der Waals surface area contributed by atoms with E-state index >= 15 is 0 Å². The second-order valence-corrected chi connectivity index (χ2v) is 4.50. The molecule has 0 saturated carbocycles. The fourth-order valence-electron chi connectivity index (χ4n) is 1.93. The lowest BCUT2D eigenvalue weighted by Crippen LogP contribution is -2.11. The van der Waals surface area contributed by atoms with E-state index in [1.54, 1.807) is 6.92 Å².